The fourth-order valence-electron chi connectivity index (χ4n) is 4.16. The normalized spacial score (nSPS) is 11.0. The quantitative estimate of drug-likeness (QED) is 0.0840. The van der Waals surface area contributed by atoms with Crippen LogP contribution in [0.25, 0.3) is 0 Å². The van der Waals surface area contributed by atoms with E-state index in [2.05, 4.69) is 40.4 Å². The Bertz CT molecular complexity index is 297. The molecule has 0 aliphatic rings. The Morgan fingerprint density at radius 3 is 0.966 bits per heavy atom. The SMILES string of the molecule is CCCCCCCC[N+](C)(CCCCCCCC)CCCCCCCC.N#CS. The molecule has 0 radical (unpaired) electrons. The molecular weight excluding hydrogens is 372 g/mol. The largest absolute Gasteiger partial charge is 0.326 e. The molecule has 0 aromatic carbocycles. The number of thiocyanates is 1. The highest BCUT2D eigenvalue weighted by atomic mass is 32.1. The van der Waals surface area contributed by atoms with Crippen molar-refractivity contribution in [2.45, 2.75) is 136 Å². The van der Waals surface area contributed by atoms with Gasteiger partial charge in [-0.25, -0.2) is 0 Å². The first-order valence-electron chi connectivity index (χ1n) is 13.0. The van der Waals surface area contributed by atoms with E-state index in [1.54, 1.807) is 0 Å². The molecule has 29 heavy (non-hydrogen) atoms. The van der Waals surface area contributed by atoms with Crippen LogP contribution in [0.3, 0.4) is 0 Å². The van der Waals surface area contributed by atoms with Crippen LogP contribution in [0, 0.1) is 10.7 Å². The van der Waals surface area contributed by atoms with E-state index in [0.717, 1.165) is 0 Å². The number of quaternary nitrogens is 1. The number of nitriles is 1. The van der Waals surface area contributed by atoms with Crippen molar-refractivity contribution in [3.8, 4) is 5.40 Å². The summed E-state index contributed by atoms with van der Waals surface area (Å²) in [7, 11) is 2.56. The first kappa shape index (κ1) is 31.0. The number of hydrogen-bond donors (Lipinski definition) is 1. The van der Waals surface area contributed by atoms with Crippen LogP contribution < -0.4 is 0 Å². The standard InChI is InChI=1S/C25H54N.CHNS/c1-5-8-11-14-17-20-23-26(4,24-21-18-15-12-9-6-2)25-22-19-16-13-10-7-3;2-1-3/h5-25H2,1-4H3;3H/q+1;. The average Bonchev–Trinajstić information content (AvgIpc) is 2.71. The molecular formula is C26H55N2S+. The number of hydrogen-bond acceptors (Lipinski definition) is 2. The van der Waals surface area contributed by atoms with E-state index in [-0.39, 0.29) is 0 Å². The summed E-state index contributed by atoms with van der Waals surface area (Å²) in [5.41, 5.74) is 0. The summed E-state index contributed by atoms with van der Waals surface area (Å²) in [4.78, 5) is 0. The smallest absolute Gasteiger partial charge is 0.130 e. The van der Waals surface area contributed by atoms with Crippen LogP contribution in [0.2, 0.25) is 0 Å². The van der Waals surface area contributed by atoms with Crippen molar-refractivity contribution in [1.82, 2.24) is 0 Å². The first-order chi connectivity index (χ1) is 14.1. The molecule has 0 aromatic heterocycles. The highest BCUT2D eigenvalue weighted by molar-refractivity contribution is 7.85. The monoisotopic (exact) mass is 427 g/mol. The third-order valence-corrected chi connectivity index (χ3v) is 6.15. The summed E-state index contributed by atoms with van der Waals surface area (Å²) in [5, 5.41) is 8.63. The number of thiol groups is 1. The van der Waals surface area contributed by atoms with Gasteiger partial charge in [-0.15, -0.1) is 0 Å². The molecule has 0 heterocycles. The maximum atomic E-state index is 7.18. The molecule has 0 fully saturated rings. The Kier molecular flexibility index (Phi) is 27.6. The van der Waals surface area contributed by atoms with E-state index in [1.807, 2.05) is 0 Å². The molecule has 0 atom stereocenters. The van der Waals surface area contributed by atoms with Crippen molar-refractivity contribution in [2.75, 3.05) is 26.7 Å². The van der Waals surface area contributed by atoms with Crippen LogP contribution in [0.5, 0.6) is 0 Å². The van der Waals surface area contributed by atoms with Crippen LogP contribution in [0.1, 0.15) is 136 Å². The summed E-state index contributed by atoms with van der Waals surface area (Å²) in [5.74, 6) is 0. The van der Waals surface area contributed by atoms with Gasteiger partial charge in [-0.3, -0.25) is 0 Å². The minimum absolute atomic E-state index is 1.36. The second-order valence-corrected chi connectivity index (χ2v) is 9.39. The third kappa shape index (κ3) is 25.8. The Balaban J connectivity index is 0. The van der Waals surface area contributed by atoms with E-state index in [4.69, 9.17) is 5.26 Å². The lowest BCUT2D eigenvalue weighted by atomic mass is 10.1. The van der Waals surface area contributed by atoms with E-state index in [0.29, 0.717) is 0 Å². The number of rotatable bonds is 21. The molecule has 0 aromatic rings. The number of nitrogens with zero attached hydrogens (tertiary/aromatic N) is 2. The molecule has 0 amide bonds. The second-order valence-electron chi connectivity index (χ2n) is 9.19. The Morgan fingerprint density at radius 1 is 0.517 bits per heavy atom. The molecule has 0 saturated heterocycles. The van der Waals surface area contributed by atoms with Crippen molar-refractivity contribution < 1.29 is 4.48 Å². The zero-order valence-electron chi connectivity index (χ0n) is 20.7. The van der Waals surface area contributed by atoms with Crippen LogP contribution in [0.4, 0.5) is 0 Å². The van der Waals surface area contributed by atoms with E-state index < -0.39 is 0 Å². The summed E-state index contributed by atoms with van der Waals surface area (Å²) in [6.45, 7) is 11.2. The Hall–Kier alpha value is -0.200. The average molecular weight is 428 g/mol. The molecule has 0 unspecified atom stereocenters. The lowest BCUT2D eigenvalue weighted by molar-refractivity contribution is -0.910. The van der Waals surface area contributed by atoms with Crippen molar-refractivity contribution in [3.05, 3.63) is 0 Å². The van der Waals surface area contributed by atoms with Gasteiger partial charge in [0.25, 0.3) is 0 Å². The third-order valence-electron chi connectivity index (χ3n) is 6.15. The fraction of sp³-hybridized carbons (Fsp3) is 0.962. The van der Waals surface area contributed by atoms with Gasteiger partial charge in [-0.1, -0.05) is 110 Å². The van der Waals surface area contributed by atoms with Crippen LogP contribution in [-0.2, 0) is 0 Å². The lowest BCUT2D eigenvalue weighted by Crippen LogP contribution is -2.46. The van der Waals surface area contributed by atoms with Gasteiger partial charge < -0.3 is 4.48 Å². The van der Waals surface area contributed by atoms with Crippen LogP contribution in [0.15, 0.2) is 0 Å². The summed E-state index contributed by atoms with van der Waals surface area (Å²) >= 11 is 3.09. The van der Waals surface area contributed by atoms with Crippen LogP contribution >= 0.6 is 12.6 Å². The van der Waals surface area contributed by atoms with Gasteiger partial charge in [0.05, 0.1) is 26.7 Å². The molecule has 0 spiro atoms. The highest BCUT2D eigenvalue weighted by Gasteiger charge is 2.20. The predicted octanol–water partition coefficient (Wildman–Crippen LogP) is 8.91. The van der Waals surface area contributed by atoms with Crippen LogP contribution in [-0.4, -0.2) is 31.2 Å². The maximum absolute atomic E-state index is 7.18. The summed E-state index contributed by atoms with van der Waals surface area (Å²) < 4.78 is 1.36. The van der Waals surface area contributed by atoms with Gasteiger partial charge in [0, 0.05) is 0 Å². The van der Waals surface area contributed by atoms with Crippen molar-refractivity contribution in [2.24, 2.45) is 0 Å². The van der Waals surface area contributed by atoms with Crippen molar-refractivity contribution in [3.63, 3.8) is 0 Å². The molecule has 0 bridgehead atoms. The molecule has 0 saturated carbocycles. The van der Waals surface area contributed by atoms with Gasteiger partial charge in [0.15, 0.2) is 0 Å². The molecule has 0 rings (SSSR count). The maximum Gasteiger partial charge on any atom is 0.130 e. The summed E-state index contributed by atoms with van der Waals surface area (Å²) in [6.07, 6.45) is 25.9. The van der Waals surface area contributed by atoms with E-state index in [1.165, 1.54) is 145 Å². The summed E-state index contributed by atoms with van der Waals surface area (Å²) in [6, 6.07) is 0. The zero-order chi connectivity index (χ0) is 22.1. The molecule has 0 aliphatic heterocycles. The zero-order valence-corrected chi connectivity index (χ0v) is 21.6. The second kappa shape index (κ2) is 25.8. The minimum atomic E-state index is 1.36. The highest BCUT2D eigenvalue weighted by Crippen LogP contribution is 2.16. The van der Waals surface area contributed by atoms with Gasteiger partial charge in [0.1, 0.15) is 5.40 Å². The van der Waals surface area contributed by atoms with Crippen molar-refractivity contribution in [1.29, 1.82) is 5.26 Å². The molecule has 0 N–H and O–H groups in total. The first-order valence-corrected chi connectivity index (χ1v) is 13.4. The van der Waals surface area contributed by atoms with Gasteiger partial charge in [0.2, 0.25) is 0 Å². The molecule has 174 valence electrons. The molecule has 0 aliphatic carbocycles. The van der Waals surface area contributed by atoms with Gasteiger partial charge in [-0.05, 0) is 38.5 Å². The fourth-order valence-corrected chi connectivity index (χ4v) is 4.16. The predicted molar refractivity (Wildman–Crippen MR) is 136 cm³/mol. The van der Waals surface area contributed by atoms with Gasteiger partial charge in [-0.2, -0.15) is 5.26 Å². The molecule has 3 heteroatoms. The molecule has 2 nitrogen and oxygen atoms in total. The minimum Gasteiger partial charge on any atom is -0.326 e. The topological polar surface area (TPSA) is 23.8 Å². The van der Waals surface area contributed by atoms with Crippen molar-refractivity contribution >= 4 is 12.6 Å². The van der Waals surface area contributed by atoms with Gasteiger partial charge >= 0.3 is 0 Å². The Labute approximate surface area is 190 Å². The van der Waals surface area contributed by atoms with E-state index in [9.17, 15) is 0 Å². The number of unbranched alkanes of at least 4 members (excludes halogenated alkanes) is 15. The van der Waals surface area contributed by atoms with E-state index >= 15 is 0 Å². The Morgan fingerprint density at radius 2 is 0.724 bits per heavy atom. The lowest BCUT2D eigenvalue weighted by Gasteiger charge is -2.35.